The van der Waals surface area contributed by atoms with E-state index in [1.165, 1.54) is 5.56 Å². The third-order valence-corrected chi connectivity index (χ3v) is 2.97. The van der Waals surface area contributed by atoms with Crippen LogP contribution in [-0.4, -0.2) is 42.4 Å². The molecule has 0 spiro atoms. The average molecular weight is 222 g/mol. The Labute approximate surface area is 95.6 Å². The summed E-state index contributed by atoms with van der Waals surface area (Å²) in [6.07, 6.45) is -0.391. The quantitative estimate of drug-likeness (QED) is 0.767. The van der Waals surface area contributed by atoms with Gasteiger partial charge in [0.2, 0.25) is 0 Å². The van der Waals surface area contributed by atoms with Gasteiger partial charge in [-0.1, -0.05) is 12.1 Å². The standard InChI is InChI=1S/C12H18N2O2/c1-16-10-4-2-9(3-5-10)6-14-7-11(13)12(15)8-14/h2-5,11-12,15H,6-8,13H2,1H3/t11-,12-/m1/s1. The van der Waals surface area contributed by atoms with Crippen molar-refractivity contribution in [2.45, 2.75) is 18.7 Å². The highest BCUT2D eigenvalue weighted by molar-refractivity contribution is 5.27. The number of likely N-dealkylation sites (tertiary alicyclic amines) is 1. The van der Waals surface area contributed by atoms with Crippen LogP contribution >= 0.6 is 0 Å². The van der Waals surface area contributed by atoms with Gasteiger partial charge in [0, 0.05) is 25.7 Å². The molecule has 0 unspecified atom stereocenters. The number of hydrogen-bond donors (Lipinski definition) is 2. The zero-order valence-corrected chi connectivity index (χ0v) is 9.47. The minimum Gasteiger partial charge on any atom is -0.497 e. The largest absolute Gasteiger partial charge is 0.497 e. The van der Waals surface area contributed by atoms with Crippen LogP contribution in [0.3, 0.4) is 0 Å². The van der Waals surface area contributed by atoms with Crippen molar-refractivity contribution < 1.29 is 9.84 Å². The van der Waals surface area contributed by atoms with E-state index in [1.807, 2.05) is 24.3 Å². The lowest BCUT2D eigenvalue weighted by Crippen LogP contribution is -2.32. The molecule has 1 heterocycles. The first-order valence-electron chi connectivity index (χ1n) is 5.48. The van der Waals surface area contributed by atoms with E-state index < -0.39 is 6.10 Å². The third kappa shape index (κ3) is 2.52. The molecule has 0 aromatic heterocycles. The normalized spacial score (nSPS) is 25.9. The number of nitrogens with two attached hydrogens (primary N) is 1. The third-order valence-electron chi connectivity index (χ3n) is 2.97. The van der Waals surface area contributed by atoms with Gasteiger partial charge in [0.25, 0.3) is 0 Å². The monoisotopic (exact) mass is 222 g/mol. The second kappa shape index (κ2) is 4.82. The van der Waals surface area contributed by atoms with Gasteiger partial charge in [-0.25, -0.2) is 0 Å². The molecule has 1 aliphatic heterocycles. The molecule has 2 rings (SSSR count). The predicted octanol–water partition coefficient (Wildman–Crippen LogP) is 0.199. The maximum absolute atomic E-state index is 9.54. The number of benzene rings is 1. The Morgan fingerprint density at radius 1 is 1.38 bits per heavy atom. The highest BCUT2D eigenvalue weighted by atomic mass is 16.5. The smallest absolute Gasteiger partial charge is 0.118 e. The molecule has 1 aromatic carbocycles. The van der Waals surface area contributed by atoms with Crippen LogP contribution in [0.2, 0.25) is 0 Å². The Hall–Kier alpha value is -1.10. The second-order valence-electron chi connectivity index (χ2n) is 4.27. The molecule has 4 nitrogen and oxygen atoms in total. The van der Waals surface area contributed by atoms with Crippen LogP contribution in [-0.2, 0) is 6.54 Å². The van der Waals surface area contributed by atoms with Crippen LogP contribution < -0.4 is 10.5 Å². The lowest BCUT2D eigenvalue weighted by atomic mass is 10.2. The molecule has 1 saturated heterocycles. The Kier molecular flexibility index (Phi) is 3.43. The van der Waals surface area contributed by atoms with Gasteiger partial charge < -0.3 is 15.6 Å². The Morgan fingerprint density at radius 3 is 2.56 bits per heavy atom. The van der Waals surface area contributed by atoms with E-state index >= 15 is 0 Å². The fourth-order valence-electron chi connectivity index (χ4n) is 2.01. The van der Waals surface area contributed by atoms with Gasteiger partial charge in [-0.2, -0.15) is 0 Å². The van der Waals surface area contributed by atoms with Gasteiger partial charge in [0.05, 0.1) is 13.2 Å². The summed E-state index contributed by atoms with van der Waals surface area (Å²) in [5.74, 6) is 0.863. The number of hydrogen-bond acceptors (Lipinski definition) is 4. The van der Waals surface area contributed by atoms with Gasteiger partial charge in [0.15, 0.2) is 0 Å². The molecule has 0 aliphatic carbocycles. The maximum Gasteiger partial charge on any atom is 0.118 e. The Morgan fingerprint density at radius 2 is 2.06 bits per heavy atom. The minimum atomic E-state index is -0.391. The molecule has 88 valence electrons. The predicted molar refractivity (Wildman–Crippen MR) is 62.3 cm³/mol. The summed E-state index contributed by atoms with van der Waals surface area (Å²) in [6, 6.07) is 7.85. The van der Waals surface area contributed by atoms with Crippen LogP contribution in [0, 0.1) is 0 Å². The van der Waals surface area contributed by atoms with Crippen molar-refractivity contribution in [3.8, 4) is 5.75 Å². The molecule has 1 aromatic rings. The number of methoxy groups -OCH3 is 1. The zero-order valence-electron chi connectivity index (χ0n) is 9.47. The molecule has 2 atom stereocenters. The Bertz CT molecular complexity index is 329. The molecular weight excluding hydrogens is 204 g/mol. The summed E-state index contributed by atoms with van der Waals surface area (Å²) in [7, 11) is 1.66. The molecule has 0 bridgehead atoms. The second-order valence-corrected chi connectivity index (χ2v) is 4.27. The number of aliphatic hydroxyl groups is 1. The number of β-amino-alcohol motifs (C(OH)–C–C–N with tert-alkyl or cyclic N) is 1. The van der Waals surface area contributed by atoms with Crippen molar-refractivity contribution in [2.24, 2.45) is 5.73 Å². The Balaban J connectivity index is 1.94. The molecule has 1 fully saturated rings. The highest BCUT2D eigenvalue weighted by Crippen LogP contribution is 2.16. The fraction of sp³-hybridized carbons (Fsp3) is 0.500. The number of nitrogens with zero attached hydrogens (tertiary/aromatic N) is 1. The van der Waals surface area contributed by atoms with Crippen LogP contribution in [0.1, 0.15) is 5.56 Å². The van der Waals surface area contributed by atoms with Crippen LogP contribution in [0.25, 0.3) is 0 Å². The van der Waals surface area contributed by atoms with Crippen molar-refractivity contribution in [1.82, 2.24) is 4.90 Å². The number of rotatable bonds is 3. The van der Waals surface area contributed by atoms with Crippen LogP contribution in [0.4, 0.5) is 0 Å². The van der Waals surface area contributed by atoms with Gasteiger partial charge in [-0.05, 0) is 17.7 Å². The lowest BCUT2D eigenvalue weighted by molar-refractivity contribution is 0.164. The molecule has 16 heavy (non-hydrogen) atoms. The molecule has 0 saturated carbocycles. The summed E-state index contributed by atoms with van der Waals surface area (Å²) in [5, 5.41) is 9.54. The maximum atomic E-state index is 9.54. The van der Waals surface area contributed by atoms with Crippen LogP contribution in [0.5, 0.6) is 5.75 Å². The highest BCUT2D eigenvalue weighted by Gasteiger charge is 2.27. The van der Waals surface area contributed by atoms with E-state index in [1.54, 1.807) is 7.11 Å². The van der Waals surface area contributed by atoms with Gasteiger partial charge in [-0.15, -0.1) is 0 Å². The van der Waals surface area contributed by atoms with Gasteiger partial charge in [0.1, 0.15) is 5.75 Å². The summed E-state index contributed by atoms with van der Waals surface area (Å²) in [6.45, 7) is 2.25. The zero-order chi connectivity index (χ0) is 11.5. The number of ether oxygens (including phenoxy) is 1. The van der Waals surface area contributed by atoms with E-state index in [9.17, 15) is 5.11 Å². The van der Waals surface area contributed by atoms with E-state index in [4.69, 9.17) is 10.5 Å². The van der Waals surface area contributed by atoms with Crippen molar-refractivity contribution >= 4 is 0 Å². The minimum absolute atomic E-state index is 0.113. The van der Waals surface area contributed by atoms with E-state index in [-0.39, 0.29) is 6.04 Å². The first-order valence-corrected chi connectivity index (χ1v) is 5.48. The lowest BCUT2D eigenvalue weighted by Gasteiger charge is -2.14. The van der Waals surface area contributed by atoms with Crippen molar-refractivity contribution in [1.29, 1.82) is 0 Å². The molecule has 4 heteroatoms. The van der Waals surface area contributed by atoms with E-state index in [0.717, 1.165) is 18.8 Å². The summed E-state index contributed by atoms with van der Waals surface area (Å²) in [4.78, 5) is 2.16. The van der Waals surface area contributed by atoms with Gasteiger partial charge in [-0.3, -0.25) is 4.90 Å². The van der Waals surface area contributed by atoms with Crippen molar-refractivity contribution in [3.63, 3.8) is 0 Å². The SMILES string of the molecule is COc1ccc(CN2C[C@@H](N)[C@H](O)C2)cc1. The first-order chi connectivity index (χ1) is 7.69. The summed E-state index contributed by atoms with van der Waals surface area (Å²) >= 11 is 0. The van der Waals surface area contributed by atoms with Gasteiger partial charge >= 0.3 is 0 Å². The number of aliphatic hydroxyl groups excluding tert-OH is 1. The molecule has 1 aliphatic rings. The van der Waals surface area contributed by atoms with Crippen LogP contribution in [0.15, 0.2) is 24.3 Å². The fourth-order valence-corrected chi connectivity index (χ4v) is 2.01. The summed E-state index contributed by atoms with van der Waals surface area (Å²) in [5.41, 5.74) is 6.97. The summed E-state index contributed by atoms with van der Waals surface area (Å²) < 4.78 is 5.10. The average Bonchev–Trinajstić information content (AvgIpc) is 2.59. The molecular formula is C12H18N2O2. The molecule has 0 radical (unpaired) electrons. The van der Waals surface area contributed by atoms with E-state index in [2.05, 4.69) is 4.90 Å². The topological polar surface area (TPSA) is 58.7 Å². The van der Waals surface area contributed by atoms with Crippen molar-refractivity contribution in [2.75, 3.05) is 20.2 Å². The molecule has 3 N–H and O–H groups in total. The van der Waals surface area contributed by atoms with E-state index in [0.29, 0.717) is 6.54 Å². The first kappa shape index (κ1) is 11.4. The molecule has 0 amide bonds. The van der Waals surface area contributed by atoms with Crippen molar-refractivity contribution in [3.05, 3.63) is 29.8 Å².